The molecule has 0 bridgehead atoms. The molecule has 0 fully saturated rings. The smallest absolute Gasteiger partial charge is 0.158 e. The van der Waals surface area contributed by atoms with E-state index in [4.69, 9.17) is 2.74 Å². The Morgan fingerprint density at radius 1 is 1.43 bits per heavy atom. The van der Waals surface area contributed by atoms with E-state index in [9.17, 15) is 0 Å². The van der Waals surface area contributed by atoms with Crippen molar-refractivity contribution in [3.05, 3.63) is 29.7 Å². The van der Waals surface area contributed by atoms with E-state index in [1.54, 1.807) is 0 Å². The predicted octanol–water partition coefficient (Wildman–Crippen LogP) is 2.34. The molecule has 2 aromatic heterocycles. The Hall–Kier alpha value is -1.38. The van der Waals surface area contributed by atoms with Crippen LogP contribution in [0.5, 0.6) is 0 Å². The van der Waals surface area contributed by atoms with E-state index in [1.807, 2.05) is 6.92 Å². The second kappa shape index (κ2) is 2.80. The van der Waals surface area contributed by atoms with Crippen molar-refractivity contribution in [2.75, 3.05) is 0 Å². The van der Waals surface area contributed by atoms with Gasteiger partial charge in [-0.05, 0) is 18.4 Å². The first kappa shape index (κ1) is 6.98. The largest absolute Gasteiger partial charge is 0.237 e. The monoisotopic (exact) mass is 191 g/mol. The van der Waals surface area contributed by atoms with Crippen molar-refractivity contribution >= 4 is 5.65 Å². The second-order valence-corrected chi connectivity index (χ2v) is 4.46. The number of nitrogens with zero attached hydrogens (tertiary/aromatic N) is 3. The first-order valence-electron chi connectivity index (χ1n) is 5.65. The van der Waals surface area contributed by atoms with Crippen LogP contribution < -0.4 is 0 Å². The Kier molecular flexibility index (Phi) is 1.40. The summed E-state index contributed by atoms with van der Waals surface area (Å²) in [6, 6.07) is 1.39. The average Bonchev–Trinajstić information content (AvgIpc) is 2.40. The number of hydrogen-bond acceptors (Lipinski definition) is 2. The summed E-state index contributed by atoms with van der Waals surface area (Å²) in [7, 11) is 0. The van der Waals surface area contributed by atoms with Crippen molar-refractivity contribution in [1.29, 1.82) is 0 Å². The Labute approximate surface area is 86.6 Å². The van der Waals surface area contributed by atoms with Crippen molar-refractivity contribution in [2.45, 2.75) is 33.1 Å². The van der Waals surface area contributed by atoms with Crippen molar-refractivity contribution < 1.29 is 2.74 Å². The van der Waals surface area contributed by atoms with Gasteiger partial charge >= 0.3 is 0 Å². The lowest BCUT2D eigenvalue weighted by molar-refractivity contribution is 0.590. The SMILES string of the molecule is [2H]c1cc([2H])n2nc(C)c(C(C)(C)C)c2n1. The van der Waals surface area contributed by atoms with E-state index in [0.29, 0.717) is 5.65 Å². The van der Waals surface area contributed by atoms with E-state index >= 15 is 0 Å². The van der Waals surface area contributed by atoms with Crippen LogP contribution in [-0.4, -0.2) is 14.6 Å². The highest BCUT2D eigenvalue weighted by Gasteiger charge is 2.22. The maximum atomic E-state index is 7.76. The standard InChI is InChI=1S/C11H15N3/c1-8-9(11(2,3)4)10-12-6-5-7-14(10)13-8/h5-7H,1-4H3/i6D,7D. The summed E-state index contributed by atoms with van der Waals surface area (Å²) in [4.78, 5) is 4.17. The fraction of sp³-hybridized carbons (Fsp3) is 0.455. The highest BCUT2D eigenvalue weighted by atomic mass is 15.2. The molecule has 2 heterocycles. The summed E-state index contributed by atoms with van der Waals surface area (Å²) in [5.74, 6) is 0. The van der Waals surface area contributed by atoms with Crippen molar-refractivity contribution in [3.63, 3.8) is 0 Å². The Morgan fingerprint density at radius 2 is 2.14 bits per heavy atom. The summed E-state index contributed by atoms with van der Waals surface area (Å²) in [5, 5.41) is 4.30. The number of aromatic nitrogens is 3. The quantitative estimate of drug-likeness (QED) is 0.639. The molecule has 0 amide bonds. The third-order valence-corrected chi connectivity index (χ3v) is 2.21. The minimum atomic E-state index is -0.0843. The van der Waals surface area contributed by atoms with Crippen molar-refractivity contribution in [3.8, 4) is 0 Å². The van der Waals surface area contributed by atoms with E-state index < -0.39 is 0 Å². The maximum absolute atomic E-state index is 7.76. The summed E-state index contributed by atoms with van der Waals surface area (Å²) in [6.45, 7) is 8.16. The van der Waals surface area contributed by atoms with Crippen LogP contribution in [0, 0.1) is 6.92 Å². The zero-order valence-electron chi connectivity index (χ0n) is 10.9. The van der Waals surface area contributed by atoms with Crippen LogP contribution in [0.25, 0.3) is 5.65 Å². The second-order valence-electron chi connectivity index (χ2n) is 4.46. The van der Waals surface area contributed by atoms with E-state index in [1.165, 1.54) is 10.6 Å². The lowest BCUT2D eigenvalue weighted by Crippen LogP contribution is -2.12. The van der Waals surface area contributed by atoms with Gasteiger partial charge in [-0.25, -0.2) is 9.50 Å². The summed E-state index contributed by atoms with van der Waals surface area (Å²) >= 11 is 0. The molecule has 0 spiro atoms. The highest BCUT2D eigenvalue weighted by Crippen LogP contribution is 2.27. The first-order chi connectivity index (χ1) is 7.30. The Bertz CT molecular complexity index is 552. The van der Waals surface area contributed by atoms with E-state index in [0.717, 1.165) is 11.3 Å². The molecule has 0 aliphatic rings. The topological polar surface area (TPSA) is 30.2 Å². The molecular formula is C11H15N3. The van der Waals surface area contributed by atoms with Gasteiger partial charge in [0.05, 0.1) is 8.44 Å². The lowest BCUT2D eigenvalue weighted by Gasteiger charge is -2.17. The van der Waals surface area contributed by atoms with Crippen LogP contribution in [0.15, 0.2) is 18.4 Å². The molecule has 3 nitrogen and oxygen atoms in total. The molecule has 0 unspecified atom stereocenters. The van der Waals surface area contributed by atoms with Gasteiger partial charge in [-0.2, -0.15) is 5.10 Å². The van der Waals surface area contributed by atoms with Crippen LogP contribution >= 0.6 is 0 Å². The minimum absolute atomic E-state index is 0.0843. The molecule has 2 aromatic rings. The van der Waals surface area contributed by atoms with Gasteiger partial charge in [0, 0.05) is 17.9 Å². The Balaban J connectivity index is 2.89. The Morgan fingerprint density at radius 3 is 2.79 bits per heavy atom. The number of fused-ring (bicyclic) bond motifs is 1. The van der Waals surface area contributed by atoms with Gasteiger partial charge in [-0.15, -0.1) is 0 Å². The zero-order chi connectivity index (χ0) is 12.1. The lowest BCUT2D eigenvalue weighted by atomic mass is 9.87. The van der Waals surface area contributed by atoms with Crippen LogP contribution in [-0.2, 0) is 5.41 Å². The van der Waals surface area contributed by atoms with E-state index in [-0.39, 0.29) is 17.8 Å². The maximum Gasteiger partial charge on any atom is 0.158 e. The van der Waals surface area contributed by atoms with Gasteiger partial charge in [0.15, 0.2) is 5.65 Å². The van der Waals surface area contributed by atoms with Crippen LogP contribution in [0.3, 0.4) is 0 Å². The van der Waals surface area contributed by atoms with Gasteiger partial charge < -0.3 is 0 Å². The molecule has 14 heavy (non-hydrogen) atoms. The average molecular weight is 191 g/mol. The fourth-order valence-corrected chi connectivity index (χ4v) is 1.77. The number of hydrogen-bond donors (Lipinski definition) is 0. The fourth-order valence-electron chi connectivity index (χ4n) is 1.77. The van der Waals surface area contributed by atoms with Crippen LogP contribution in [0.4, 0.5) is 0 Å². The normalized spacial score (nSPS) is 14.3. The van der Waals surface area contributed by atoms with Crippen LogP contribution in [0.1, 0.15) is 34.8 Å². The highest BCUT2D eigenvalue weighted by molar-refractivity contribution is 5.53. The molecule has 0 atom stereocenters. The molecule has 0 N–H and O–H groups in total. The summed E-state index contributed by atoms with van der Waals surface area (Å²) < 4.78 is 16.8. The summed E-state index contributed by atoms with van der Waals surface area (Å²) in [5.41, 5.74) is 2.43. The van der Waals surface area contributed by atoms with Gasteiger partial charge in [0.1, 0.15) is 0 Å². The molecule has 3 heteroatoms. The molecule has 74 valence electrons. The van der Waals surface area contributed by atoms with Crippen molar-refractivity contribution in [1.82, 2.24) is 14.6 Å². The third-order valence-electron chi connectivity index (χ3n) is 2.21. The third kappa shape index (κ3) is 1.29. The molecular weight excluding hydrogens is 174 g/mol. The number of aryl methyl sites for hydroxylation is 1. The molecule has 0 aromatic carbocycles. The van der Waals surface area contributed by atoms with Gasteiger partial charge in [-0.3, -0.25) is 0 Å². The van der Waals surface area contributed by atoms with Gasteiger partial charge in [0.25, 0.3) is 0 Å². The molecule has 0 aliphatic carbocycles. The molecule has 2 rings (SSSR count). The first-order valence-corrected chi connectivity index (χ1v) is 4.65. The number of rotatable bonds is 0. The molecule has 0 saturated heterocycles. The molecule has 0 aliphatic heterocycles. The van der Waals surface area contributed by atoms with Crippen LogP contribution in [0.2, 0.25) is 0 Å². The van der Waals surface area contributed by atoms with E-state index in [2.05, 4.69) is 30.9 Å². The minimum Gasteiger partial charge on any atom is -0.237 e. The van der Waals surface area contributed by atoms with Gasteiger partial charge in [-0.1, -0.05) is 20.8 Å². The van der Waals surface area contributed by atoms with Gasteiger partial charge in [0.2, 0.25) is 0 Å². The van der Waals surface area contributed by atoms with Crippen molar-refractivity contribution in [2.24, 2.45) is 0 Å². The summed E-state index contributed by atoms with van der Waals surface area (Å²) in [6.07, 6.45) is 0.316. The molecule has 0 radical (unpaired) electrons. The predicted molar refractivity (Wildman–Crippen MR) is 56.4 cm³/mol. The molecule has 0 saturated carbocycles. The zero-order valence-corrected chi connectivity index (χ0v) is 8.92.